The van der Waals surface area contributed by atoms with Gasteiger partial charge in [-0.3, -0.25) is 0 Å². The Balaban J connectivity index is 2.34. The maximum atomic E-state index is 10.8. The van der Waals surface area contributed by atoms with Gasteiger partial charge in [-0.25, -0.2) is 9.78 Å². The highest BCUT2D eigenvalue weighted by Crippen LogP contribution is 2.33. The summed E-state index contributed by atoms with van der Waals surface area (Å²) in [6.45, 7) is 0. The van der Waals surface area contributed by atoms with Crippen molar-refractivity contribution in [1.82, 2.24) is 4.98 Å². The van der Waals surface area contributed by atoms with Gasteiger partial charge in [-0.1, -0.05) is 0 Å². The Labute approximate surface area is 120 Å². The van der Waals surface area contributed by atoms with Crippen molar-refractivity contribution in [3.8, 4) is 23.4 Å². The molecule has 106 valence electrons. The van der Waals surface area contributed by atoms with Gasteiger partial charge in [0.1, 0.15) is 0 Å². The molecule has 0 radical (unpaired) electrons. The normalized spacial score (nSPS) is 9.71. The number of hydrogen-bond acceptors (Lipinski definition) is 6. The summed E-state index contributed by atoms with van der Waals surface area (Å²) in [5.74, 6) is -0.406. The molecule has 0 saturated carbocycles. The molecule has 0 amide bonds. The van der Waals surface area contributed by atoms with Crippen molar-refractivity contribution in [2.75, 3.05) is 12.8 Å². The van der Waals surface area contributed by atoms with Crippen LogP contribution in [0.4, 0.5) is 5.69 Å². The zero-order valence-electron chi connectivity index (χ0n) is 11.0. The van der Waals surface area contributed by atoms with Crippen LogP contribution in [0.25, 0.3) is 0 Å². The van der Waals surface area contributed by atoms with Crippen LogP contribution >= 0.6 is 0 Å². The third-order valence-corrected chi connectivity index (χ3v) is 2.63. The summed E-state index contributed by atoms with van der Waals surface area (Å²) in [5.41, 5.74) is 6.18. The van der Waals surface area contributed by atoms with Crippen LogP contribution in [0.1, 0.15) is 15.9 Å². The van der Waals surface area contributed by atoms with E-state index in [1.807, 2.05) is 6.07 Å². The molecule has 3 N–H and O–H groups in total. The van der Waals surface area contributed by atoms with Crippen molar-refractivity contribution in [2.24, 2.45) is 0 Å². The topological polar surface area (TPSA) is 118 Å². The number of nitrogens with two attached hydrogens (primary N) is 1. The fourth-order valence-electron chi connectivity index (χ4n) is 1.60. The van der Waals surface area contributed by atoms with Crippen LogP contribution in [0, 0.1) is 11.3 Å². The fraction of sp³-hybridized carbons (Fsp3) is 0.0714. The first-order valence-corrected chi connectivity index (χ1v) is 5.80. The van der Waals surface area contributed by atoms with E-state index < -0.39 is 5.97 Å². The van der Waals surface area contributed by atoms with Crippen molar-refractivity contribution in [1.29, 1.82) is 5.26 Å². The van der Waals surface area contributed by atoms with Gasteiger partial charge in [-0.15, -0.1) is 0 Å². The maximum absolute atomic E-state index is 10.8. The number of rotatable bonds is 4. The van der Waals surface area contributed by atoms with Crippen LogP contribution < -0.4 is 15.2 Å². The molecule has 1 aromatic heterocycles. The Morgan fingerprint density at radius 3 is 2.71 bits per heavy atom. The average molecular weight is 285 g/mol. The highest BCUT2D eigenvalue weighted by molar-refractivity contribution is 5.88. The molecule has 1 heterocycles. The van der Waals surface area contributed by atoms with Gasteiger partial charge in [0, 0.05) is 12.3 Å². The molecule has 0 atom stereocenters. The van der Waals surface area contributed by atoms with Crippen molar-refractivity contribution < 1.29 is 19.4 Å². The number of carbonyl (C=O) groups is 1. The SMILES string of the molecule is COc1cc(C#N)ccc1Oc1ncc(C(=O)O)cc1N. The minimum Gasteiger partial charge on any atom is -0.493 e. The Hall–Kier alpha value is -3.27. The first kappa shape index (κ1) is 14.1. The molecule has 0 fully saturated rings. The number of pyridine rings is 1. The van der Waals surface area contributed by atoms with Gasteiger partial charge in [0.25, 0.3) is 0 Å². The Morgan fingerprint density at radius 1 is 1.38 bits per heavy atom. The van der Waals surface area contributed by atoms with Gasteiger partial charge in [0.15, 0.2) is 11.5 Å². The maximum Gasteiger partial charge on any atom is 0.337 e. The number of anilines is 1. The second-order valence-electron chi connectivity index (χ2n) is 4.00. The third kappa shape index (κ3) is 3.01. The summed E-state index contributed by atoms with van der Waals surface area (Å²) in [5, 5.41) is 17.7. The number of ether oxygens (including phenoxy) is 2. The van der Waals surface area contributed by atoms with Gasteiger partial charge in [0.05, 0.1) is 30.0 Å². The lowest BCUT2D eigenvalue weighted by atomic mass is 10.2. The van der Waals surface area contributed by atoms with Crippen LogP contribution in [0.15, 0.2) is 30.5 Å². The molecular formula is C14H11N3O4. The van der Waals surface area contributed by atoms with Gasteiger partial charge in [-0.2, -0.15) is 5.26 Å². The number of carboxylic acids is 1. The van der Waals surface area contributed by atoms with E-state index in [4.69, 9.17) is 25.6 Å². The molecule has 1 aromatic carbocycles. The summed E-state index contributed by atoms with van der Waals surface area (Å²) < 4.78 is 10.6. The highest BCUT2D eigenvalue weighted by atomic mass is 16.5. The van der Waals surface area contributed by atoms with Crippen LogP contribution in [0.3, 0.4) is 0 Å². The molecule has 0 unspecified atom stereocenters. The van der Waals surface area contributed by atoms with Crippen LogP contribution in [0.5, 0.6) is 17.4 Å². The third-order valence-electron chi connectivity index (χ3n) is 2.63. The van der Waals surface area contributed by atoms with E-state index in [9.17, 15) is 4.79 Å². The van der Waals surface area contributed by atoms with Gasteiger partial charge < -0.3 is 20.3 Å². The summed E-state index contributed by atoms with van der Waals surface area (Å²) >= 11 is 0. The van der Waals surface area contributed by atoms with Gasteiger partial charge in [-0.05, 0) is 18.2 Å². The Bertz CT molecular complexity index is 737. The number of aromatic nitrogens is 1. The fourth-order valence-corrected chi connectivity index (χ4v) is 1.60. The lowest BCUT2D eigenvalue weighted by Crippen LogP contribution is -2.02. The molecule has 2 rings (SSSR count). The van der Waals surface area contributed by atoms with Crippen LogP contribution in [0.2, 0.25) is 0 Å². The molecule has 2 aromatic rings. The van der Waals surface area contributed by atoms with Crippen molar-refractivity contribution >= 4 is 11.7 Å². The van der Waals surface area contributed by atoms with E-state index in [2.05, 4.69) is 4.98 Å². The second kappa shape index (κ2) is 5.79. The molecule has 7 heteroatoms. The Kier molecular flexibility index (Phi) is 3.90. The van der Waals surface area contributed by atoms with Crippen molar-refractivity contribution in [3.05, 3.63) is 41.6 Å². The number of nitrogen functional groups attached to an aromatic ring is 1. The molecule has 0 saturated heterocycles. The van der Waals surface area contributed by atoms with E-state index in [0.717, 1.165) is 6.20 Å². The predicted molar refractivity (Wildman–Crippen MR) is 73.4 cm³/mol. The number of methoxy groups -OCH3 is 1. The Morgan fingerprint density at radius 2 is 2.14 bits per heavy atom. The lowest BCUT2D eigenvalue weighted by Gasteiger charge is -2.11. The standard InChI is InChI=1S/C14H11N3O4/c1-20-12-4-8(6-15)2-3-11(12)21-13-10(16)5-9(7-17-13)14(18)19/h2-5,7H,16H2,1H3,(H,18,19). The molecule has 21 heavy (non-hydrogen) atoms. The molecule has 0 aliphatic heterocycles. The lowest BCUT2D eigenvalue weighted by molar-refractivity contribution is 0.0696. The molecule has 0 spiro atoms. The molecule has 0 bridgehead atoms. The minimum absolute atomic E-state index is 0.0355. The number of hydrogen-bond donors (Lipinski definition) is 2. The van der Waals surface area contributed by atoms with Gasteiger partial charge in [0.2, 0.25) is 5.88 Å². The number of carboxylic acid groups (broad SMARTS) is 1. The molecular weight excluding hydrogens is 274 g/mol. The monoisotopic (exact) mass is 285 g/mol. The summed E-state index contributed by atoms with van der Waals surface area (Å²) in [6, 6.07) is 7.85. The minimum atomic E-state index is -1.13. The van der Waals surface area contributed by atoms with E-state index in [0.29, 0.717) is 17.1 Å². The molecule has 7 nitrogen and oxygen atoms in total. The van der Waals surface area contributed by atoms with Crippen LogP contribution in [-0.2, 0) is 0 Å². The first-order chi connectivity index (χ1) is 10.0. The number of nitrogens with zero attached hydrogens (tertiary/aromatic N) is 2. The highest BCUT2D eigenvalue weighted by Gasteiger charge is 2.12. The quantitative estimate of drug-likeness (QED) is 0.882. The molecule has 0 aliphatic rings. The first-order valence-electron chi connectivity index (χ1n) is 5.80. The zero-order chi connectivity index (χ0) is 15.4. The van der Waals surface area contributed by atoms with Crippen LogP contribution in [-0.4, -0.2) is 23.2 Å². The molecule has 0 aliphatic carbocycles. The average Bonchev–Trinajstić information content (AvgIpc) is 2.49. The largest absolute Gasteiger partial charge is 0.493 e. The van der Waals surface area contributed by atoms with Crippen molar-refractivity contribution in [2.45, 2.75) is 0 Å². The predicted octanol–water partition coefficient (Wildman–Crippen LogP) is 2.03. The number of aromatic carboxylic acids is 1. The van der Waals surface area contributed by atoms with Crippen molar-refractivity contribution in [3.63, 3.8) is 0 Å². The summed E-state index contributed by atoms with van der Waals surface area (Å²) in [4.78, 5) is 14.7. The van der Waals surface area contributed by atoms with E-state index in [-0.39, 0.29) is 17.1 Å². The second-order valence-corrected chi connectivity index (χ2v) is 4.00. The van der Waals surface area contributed by atoms with Gasteiger partial charge >= 0.3 is 5.97 Å². The van der Waals surface area contributed by atoms with E-state index >= 15 is 0 Å². The summed E-state index contributed by atoms with van der Waals surface area (Å²) in [7, 11) is 1.44. The smallest absolute Gasteiger partial charge is 0.337 e. The summed E-state index contributed by atoms with van der Waals surface area (Å²) in [6.07, 6.45) is 1.14. The number of benzene rings is 1. The zero-order valence-corrected chi connectivity index (χ0v) is 11.0. The number of nitriles is 1. The van der Waals surface area contributed by atoms with E-state index in [1.54, 1.807) is 12.1 Å². The van der Waals surface area contributed by atoms with E-state index in [1.165, 1.54) is 19.2 Å².